The molecule has 1 aromatic carbocycles. The Hall–Kier alpha value is -1.82. The van der Waals surface area contributed by atoms with E-state index in [1.807, 2.05) is 19.1 Å². The molecule has 0 radical (unpaired) electrons. The molecule has 5 nitrogen and oxygen atoms in total. The van der Waals surface area contributed by atoms with Gasteiger partial charge in [0.2, 0.25) is 0 Å². The van der Waals surface area contributed by atoms with Crippen LogP contribution in [0.5, 0.6) is 0 Å². The first-order valence-electron chi connectivity index (χ1n) is 5.73. The standard InChI is InChI=1S/C13H15BrN2O3/c1-2-3-4-7-15-13(19)16-11-6-5-9(12(17)18)8-10(11)14/h2-3,5-6,8H,4,7H2,1H3,(H,17,18)(H2,15,16,19)/b3-2+. The predicted octanol–water partition coefficient (Wildman–Crippen LogP) is 3.24. The molecule has 0 aromatic heterocycles. The number of carboxylic acids is 1. The van der Waals surface area contributed by atoms with E-state index in [2.05, 4.69) is 26.6 Å². The molecule has 0 unspecified atom stereocenters. The van der Waals surface area contributed by atoms with Crippen molar-refractivity contribution in [3.63, 3.8) is 0 Å². The molecule has 102 valence electrons. The third-order valence-corrected chi connectivity index (χ3v) is 2.95. The Morgan fingerprint density at radius 2 is 2.16 bits per heavy atom. The number of carbonyl (C=O) groups excluding carboxylic acids is 1. The molecule has 0 fully saturated rings. The zero-order valence-corrected chi connectivity index (χ0v) is 12.0. The van der Waals surface area contributed by atoms with E-state index in [0.717, 1.165) is 6.42 Å². The summed E-state index contributed by atoms with van der Waals surface area (Å²) in [6, 6.07) is 4.09. The number of hydrogen-bond acceptors (Lipinski definition) is 2. The number of nitrogens with one attached hydrogen (secondary N) is 2. The van der Waals surface area contributed by atoms with Gasteiger partial charge >= 0.3 is 12.0 Å². The molecule has 1 rings (SSSR count). The summed E-state index contributed by atoms with van der Waals surface area (Å²) >= 11 is 3.22. The van der Waals surface area contributed by atoms with Crippen LogP contribution in [-0.4, -0.2) is 23.7 Å². The van der Waals surface area contributed by atoms with Crippen LogP contribution < -0.4 is 10.6 Å². The summed E-state index contributed by atoms with van der Waals surface area (Å²) in [5.41, 5.74) is 0.680. The number of rotatable bonds is 5. The van der Waals surface area contributed by atoms with E-state index >= 15 is 0 Å². The quantitative estimate of drug-likeness (QED) is 0.574. The molecule has 2 amide bonds. The first kappa shape index (κ1) is 15.2. The Kier molecular flexibility index (Phi) is 6.08. The Morgan fingerprint density at radius 3 is 2.74 bits per heavy atom. The first-order chi connectivity index (χ1) is 9.04. The van der Waals surface area contributed by atoms with Gasteiger partial charge < -0.3 is 15.7 Å². The fraction of sp³-hybridized carbons (Fsp3) is 0.231. The molecule has 19 heavy (non-hydrogen) atoms. The smallest absolute Gasteiger partial charge is 0.335 e. The number of halogens is 1. The van der Waals surface area contributed by atoms with Crippen molar-refractivity contribution >= 4 is 33.6 Å². The number of allylic oxidation sites excluding steroid dienone is 1. The summed E-state index contributed by atoms with van der Waals surface area (Å²) in [7, 11) is 0. The van der Waals surface area contributed by atoms with E-state index in [1.165, 1.54) is 12.1 Å². The minimum atomic E-state index is -1.01. The van der Waals surface area contributed by atoms with E-state index in [9.17, 15) is 9.59 Å². The summed E-state index contributed by atoms with van der Waals surface area (Å²) < 4.78 is 0.524. The maximum atomic E-state index is 11.6. The number of carboxylic acid groups (broad SMARTS) is 1. The molecule has 3 N–H and O–H groups in total. The molecular formula is C13H15BrN2O3. The zero-order chi connectivity index (χ0) is 14.3. The predicted molar refractivity (Wildman–Crippen MR) is 77.6 cm³/mol. The van der Waals surface area contributed by atoms with Gasteiger partial charge in [-0.1, -0.05) is 12.2 Å². The van der Waals surface area contributed by atoms with Gasteiger partial charge in [-0.2, -0.15) is 0 Å². The average Bonchev–Trinajstić information content (AvgIpc) is 2.37. The lowest BCUT2D eigenvalue weighted by molar-refractivity contribution is 0.0697. The Bertz CT molecular complexity index is 501. The molecule has 0 saturated carbocycles. The van der Waals surface area contributed by atoms with Crippen molar-refractivity contribution in [1.82, 2.24) is 5.32 Å². The third kappa shape index (κ3) is 5.13. The average molecular weight is 327 g/mol. The van der Waals surface area contributed by atoms with Crippen molar-refractivity contribution in [2.24, 2.45) is 0 Å². The monoisotopic (exact) mass is 326 g/mol. The van der Waals surface area contributed by atoms with E-state index in [-0.39, 0.29) is 11.6 Å². The van der Waals surface area contributed by atoms with Crippen molar-refractivity contribution < 1.29 is 14.7 Å². The Morgan fingerprint density at radius 1 is 1.42 bits per heavy atom. The van der Waals surface area contributed by atoms with Gasteiger partial charge in [-0.15, -0.1) is 0 Å². The molecule has 0 heterocycles. The van der Waals surface area contributed by atoms with Gasteiger partial charge in [-0.3, -0.25) is 0 Å². The lowest BCUT2D eigenvalue weighted by Gasteiger charge is -2.09. The molecular weight excluding hydrogens is 312 g/mol. The maximum Gasteiger partial charge on any atom is 0.335 e. The van der Waals surface area contributed by atoms with Crippen molar-refractivity contribution in [2.75, 3.05) is 11.9 Å². The van der Waals surface area contributed by atoms with Crippen LogP contribution in [0.1, 0.15) is 23.7 Å². The highest BCUT2D eigenvalue weighted by Gasteiger charge is 2.08. The van der Waals surface area contributed by atoms with Crippen molar-refractivity contribution in [2.45, 2.75) is 13.3 Å². The summed E-state index contributed by atoms with van der Waals surface area (Å²) in [5, 5.41) is 14.2. The van der Waals surface area contributed by atoms with Gasteiger partial charge in [-0.05, 0) is 47.5 Å². The van der Waals surface area contributed by atoms with Crippen LogP contribution in [0.2, 0.25) is 0 Å². The topological polar surface area (TPSA) is 78.4 Å². The maximum absolute atomic E-state index is 11.6. The zero-order valence-electron chi connectivity index (χ0n) is 10.4. The SMILES string of the molecule is C/C=C/CCNC(=O)Nc1ccc(C(=O)O)cc1Br. The van der Waals surface area contributed by atoms with Crippen molar-refractivity contribution in [3.05, 3.63) is 40.4 Å². The molecule has 0 aliphatic carbocycles. The number of benzene rings is 1. The molecule has 0 aliphatic rings. The van der Waals surface area contributed by atoms with Gasteiger partial charge in [0, 0.05) is 11.0 Å². The number of carbonyl (C=O) groups is 2. The highest BCUT2D eigenvalue weighted by molar-refractivity contribution is 9.10. The van der Waals surface area contributed by atoms with Crippen LogP contribution in [0.3, 0.4) is 0 Å². The molecule has 0 aliphatic heterocycles. The van der Waals surface area contributed by atoms with Crippen LogP contribution >= 0.6 is 15.9 Å². The largest absolute Gasteiger partial charge is 0.478 e. The van der Waals surface area contributed by atoms with Gasteiger partial charge in [0.1, 0.15) is 0 Å². The Labute approximate surface area is 119 Å². The van der Waals surface area contributed by atoms with Crippen LogP contribution in [0.4, 0.5) is 10.5 Å². The fourth-order valence-corrected chi connectivity index (χ4v) is 1.83. The van der Waals surface area contributed by atoms with Gasteiger partial charge in [-0.25, -0.2) is 9.59 Å². The van der Waals surface area contributed by atoms with Gasteiger partial charge in [0.15, 0.2) is 0 Å². The number of hydrogen-bond donors (Lipinski definition) is 3. The summed E-state index contributed by atoms with van der Waals surface area (Å²) in [4.78, 5) is 22.3. The molecule has 0 bridgehead atoms. The summed E-state index contributed by atoms with van der Waals surface area (Å²) in [5.74, 6) is -1.01. The Balaban J connectivity index is 2.57. The molecule has 0 atom stereocenters. The minimum absolute atomic E-state index is 0.158. The number of aromatic carboxylic acids is 1. The number of urea groups is 1. The third-order valence-electron chi connectivity index (χ3n) is 2.30. The van der Waals surface area contributed by atoms with Crippen molar-refractivity contribution in [3.8, 4) is 0 Å². The van der Waals surface area contributed by atoms with Crippen LogP contribution in [-0.2, 0) is 0 Å². The van der Waals surface area contributed by atoms with Crippen molar-refractivity contribution in [1.29, 1.82) is 0 Å². The molecule has 6 heteroatoms. The second-order valence-corrected chi connectivity index (χ2v) is 4.59. The van der Waals surface area contributed by atoms with E-state index in [1.54, 1.807) is 6.07 Å². The first-order valence-corrected chi connectivity index (χ1v) is 6.52. The van der Waals surface area contributed by atoms with Crippen LogP contribution in [0.15, 0.2) is 34.8 Å². The summed E-state index contributed by atoms with van der Waals surface area (Å²) in [6.07, 6.45) is 4.64. The van der Waals surface area contributed by atoms with Crippen LogP contribution in [0, 0.1) is 0 Å². The van der Waals surface area contributed by atoms with E-state index in [0.29, 0.717) is 16.7 Å². The lowest BCUT2D eigenvalue weighted by Crippen LogP contribution is -2.29. The molecule has 0 saturated heterocycles. The summed E-state index contributed by atoms with van der Waals surface area (Å²) in [6.45, 7) is 2.46. The number of anilines is 1. The van der Waals surface area contributed by atoms with E-state index in [4.69, 9.17) is 5.11 Å². The second-order valence-electron chi connectivity index (χ2n) is 3.74. The second kappa shape index (κ2) is 7.58. The fourth-order valence-electron chi connectivity index (χ4n) is 1.35. The minimum Gasteiger partial charge on any atom is -0.478 e. The van der Waals surface area contributed by atoms with Gasteiger partial charge in [0.05, 0.1) is 11.3 Å². The van der Waals surface area contributed by atoms with E-state index < -0.39 is 5.97 Å². The molecule has 0 spiro atoms. The normalized spacial score (nSPS) is 10.4. The van der Waals surface area contributed by atoms with Gasteiger partial charge in [0.25, 0.3) is 0 Å². The lowest BCUT2D eigenvalue weighted by atomic mass is 10.2. The molecule has 1 aromatic rings. The highest BCUT2D eigenvalue weighted by atomic mass is 79.9. The van der Waals surface area contributed by atoms with Crippen LogP contribution in [0.25, 0.3) is 0 Å². The number of amides is 2. The highest BCUT2D eigenvalue weighted by Crippen LogP contribution is 2.23.